The molecule has 0 saturated heterocycles. The fraction of sp³-hybridized carbons (Fsp3) is 0.333. The van der Waals surface area contributed by atoms with E-state index in [1.807, 2.05) is 19.9 Å². The van der Waals surface area contributed by atoms with Crippen molar-refractivity contribution in [1.29, 1.82) is 0 Å². The molecule has 5 nitrogen and oxygen atoms in total. The molecule has 2 rings (SSSR count). The summed E-state index contributed by atoms with van der Waals surface area (Å²) in [5.41, 5.74) is 1.30. The molecule has 0 aliphatic rings. The van der Waals surface area contributed by atoms with E-state index in [0.29, 0.717) is 35.2 Å². The van der Waals surface area contributed by atoms with Gasteiger partial charge in [-0.3, -0.25) is 0 Å². The monoisotopic (exact) mass is 385 g/mol. The van der Waals surface area contributed by atoms with Gasteiger partial charge in [-0.15, -0.1) is 11.3 Å². The van der Waals surface area contributed by atoms with Gasteiger partial charge in [-0.2, -0.15) is 0 Å². The number of hydrogen-bond acceptors (Lipinski definition) is 5. The van der Waals surface area contributed by atoms with Gasteiger partial charge in [-0.25, -0.2) is 9.78 Å². The fourth-order valence-electron chi connectivity index (χ4n) is 2.05. The Labute approximate surface area is 141 Å². The van der Waals surface area contributed by atoms with Crippen molar-refractivity contribution < 1.29 is 19.4 Å². The van der Waals surface area contributed by atoms with Gasteiger partial charge in [0.1, 0.15) is 9.88 Å². The van der Waals surface area contributed by atoms with Gasteiger partial charge >= 0.3 is 5.97 Å². The van der Waals surface area contributed by atoms with E-state index in [2.05, 4.69) is 20.9 Å². The molecule has 22 heavy (non-hydrogen) atoms. The van der Waals surface area contributed by atoms with Gasteiger partial charge in [0, 0.05) is 4.47 Å². The van der Waals surface area contributed by atoms with Crippen molar-refractivity contribution in [2.24, 2.45) is 0 Å². The molecule has 7 heteroatoms. The summed E-state index contributed by atoms with van der Waals surface area (Å²) in [6.07, 6.45) is 0.563. The van der Waals surface area contributed by atoms with Crippen LogP contribution in [-0.2, 0) is 6.42 Å². The Morgan fingerprint density at radius 3 is 2.64 bits per heavy atom. The smallest absolute Gasteiger partial charge is 0.347 e. The van der Waals surface area contributed by atoms with Gasteiger partial charge in [-0.05, 0) is 25.5 Å². The molecule has 2 aromatic rings. The Balaban J connectivity index is 2.65. The molecule has 0 atom stereocenters. The molecule has 1 N–H and O–H groups in total. The van der Waals surface area contributed by atoms with E-state index in [4.69, 9.17) is 9.47 Å². The van der Waals surface area contributed by atoms with Crippen LogP contribution in [0.3, 0.4) is 0 Å². The number of halogens is 1. The van der Waals surface area contributed by atoms with Crippen molar-refractivity contribution in [3.05, 3.63) is 27.2 Å². The SMILES string of the molecule is CCOc1c(OC)cc(Br)cc1-c1nc(CC)c(C(=O)O)s1. The van der Waals surface area contributed by atoms with E-state index in [-0.39, 0.29) is 4.88 Å². The van der Waals surface area contributed by atoms with E-state index in [0.717, 1.165) is 21.4 Å². The van der Waals surface area contributed by atoms with Gasteiger partial charge in [0.05, 0.1) is 25.0 Å². The van der Waals surface area contributed by atoms with Crippen LogP contribution in [0.2, 0.25) is 0 Å². The number of hydrogen-bond donors (Lipinski definition) is 1. The molecule has 1 aromatic heterocycles. The molecule has 118 valence electrons. The zero-order valence-corrected chi connectivity index (χ0v) is 14.9. The third-order valence-electron chi connectivity index (χ3n) is 2.99. The first-order valence-electron chi connectivity index (χ1n) is 6.75. The van der Waals surface area contributed by atoms with Gasteiger partial charge in [0.2, 0.25) is 0 Å². The zero-order valence-electron chi connectivity index (χ0n) is 12.5. The third kappa shape index (κ3) is 3.25. The molecule has 0 unspecified atom stereocenters. The van der Waals surface area contributed by atoms with Gasteiger partial charge in [0.15, 0.2) is 11.5 Å². The number of benzene rings is 1. The lowest BCUT2D eigenvalue weighted by molar-refractivity contribution is 0.0701. The second-order valence-corrected chi connectivity index (χ2v) is 6.29. The summed E-state index contributed by atoms with van der Waals surface area (Å²) in [6.45, 7) is 4.24. The van der Waals surface area contributed by atoms with E-state index >= 15 is 0 Å². The van der Waals surface area contributed by atoms with Crippen LogP contribution in [0.15, 0.2) is 16.6 Å². The maximum atomic E-state index is 11.3. The summed E-state index contributed by atoms with van der Waals surface area (Å²) >= 11 is 4.58. The maximum Gasteiger partial charge on any atom is 0.347 e. The van der Waals surface area contributed by atoms with Crippen LogP contribution >= 0.6 is 27.3 Å². The topological polar surface area (TPSA) is 68.7 Å². The van der Waals surface area contributed by atoms with Crippen molar-refractivity contribution in [2.45, 2.75) is 20.3 Å². The maximum absolute atomic E-state index is 11.3. The number of rotatable bonds is 6. The summed E-state index contributed by atoms with van der Waals surface area (Å²) in [5, 5.41) is 9.90. The van der Waals surface area contributed by atoms with Crippen LogP contribution in [0.25, 0.3) is 10.6 Å². The van der Waals surface area contributed by atoms with E-state index < -0.39 is 5.97 Å². The minimum atomic E-state index is -0.958. The molecule has 0 amide bonds. The first-order valence-corrected chi connectivity index (χ1v) is 8.36. The predicted molar refractivity (Wildman–Crippen MR) is 89.3 cm³/mol. The summed E-state index contributed by atoms with van der Waals surface area (Å²) in [5.74, 6) is 0.193. The lowest BCUT2D eigenvalue weighted by Gasteiger charge is -2.13. The van der Waals surface area contributed by atoms with Gasteiger partial charge in [-0.1, -0.05) is 22.9 Å². The predicted octanol–water partition coefficient (Wildman–Crippen LogP) is 4.24. The number of thiazole rings is 1. The van der Waals surface area contributed by atoms with Gasteiger partial charge in [0.25, 0.3) is 0 Å². The number of ether oxygens (including phenoxy) is 2. The fourth-order valence-corrected chi connectivity index (χ4v) is 3.49. The highest BCUT2D eigenvalue weighted by molar-refractivity contribution is 9.10. The average Bonchev–Trinajstić information content (AvgIpc) is 2.93. The number of aromatic nitrogens is 1. The van der Waals surface area contributed by atoms with E-state index in [9.17, 15) is 9.90 Å². The molecule has 0 aliphatic carbocycles. The van der Waals surface area contributed by atoms with Crippen LogP contribution in [-0.4, -0.2) is 29.8 Å². The second kappa shape index (κ2) is 7.11. The first-order chi connectivity index (χ1) is 10.5. The molecule has 0 aliphatic heterocycles. The summed E-state index contributed by atoms with van der Waals surface area (Å²) in [6, 6.07) is 3.67. The Bertz CT molecular complexity index is 699. The normalized spacial score (nSPS) is 10.5. The lowest BCUT2D eigenvalue weighted by Crippen LogP contribution is -1.98. The Morgan fingerprint density at radius 1 is 1.41 bits per heavy atom. The Morgan fingerprint density at radius 2 is 2.14 bits per heavy atom. The summed E-state index contributed by atoms with van der Waals surface area (Å²) in [7, 11) is 1.57. The molecule has 1 heterocycles. The molecule has 0 saturated carbocycles. The first kappa shape index (κ1) is 16.8. The molecule has 0 fully saturated rings. The van der Waals surface area contributed by atoms with Gasteiger partial charge < -0.3 is 14.6 Å². The Kier molecular flexibility index (Phi) is 5.42. The zero-order chi connectivity index (χ0) is 16.3. The number of carboxylic acid groups (broad SMARTS) is 1. The average molecular weight is 386 g/mol. The number of aromatic carboxylic acids is 1. The number of carbonyl (C=O) groups is 1. The van der Waals surface area contributed by atoms with Crippen LogP contribution in [0.5, 0.6) is 11.5 Å². The largest absolute Gasteiger partial charge is 0.493 e. The van der Waals surface area contributed by atoms with Crippen molar-refractivity contribution in [3.63, 3.8) is 0 Å². The van der Waals surface area contributed by atoms with Crippen molar-refractivity contribution in [3.8, 4) is 22.1 Å². The summed E-state index contributed by atoms with van der Waals surface area (Å²) < 4.78 is 11.9. The summed E-state index contributed by atoms with van der Waals surface area (Å²) in [4.78, 5) is 16.1. The minimum Gasteiger partial charge on any atom is -0.493 e. The van der Waals surface area contributed by atoms with Crippen molar-refractivity contribution in [2.75, 3.05) is 13.7 Å². The molecular weight excluding hydrogens is 370 g/mol. The van der Waals surface area contributed by atoms with Crippen LogP contribution in [0.1, 0.15) is 29.2 Å². The number of methoxy groups -OCH3 is 1. The molecule has 1 aromatic carbocycles. The number of carboxylic acids is 1. The lowest BCUT2D eigenvalue weighted by atomic mass is 10.2. The van der Waals surface area contributed by atoms with Crippen LogP contribution in [0, 0.1) is 0 Å². The standard InChI is InChI=1S/C15H16BrNO4S/c1-4-10-13(15(18)19)22-14(17-10)9-6-8(16)7-11(20-3)12(9)21-5-2/h6-7H,4-5H2,1-3H3,(H,18,19). The van der Waals surface area contributed by atoms with E-state index in [1.165, 1.54) is 0 Å². The molecule has 0 radical (unpaired) electrons. The van der Waals surface area contributed by atoms with E-state index in [1.54, 1.807) is 13.2 Å². The second-order valence-electron chi connectivity index (χ2n) is 4.37. The Hall–Kier alpha value is -1.60. The highest BCUT2D eigenvalue weighted by Crippen LogP contribution is 2.42. The van der Waals surface area contributed by atoms with Crippen LogP contribution in [0.4, 0.5) is 0 Å². The third-order valence-corrected chi connectivity index (χ3v) is 4.56. The quantitative estimate of drug-likeness (QED) is 0.804. The molecular formula is C15H16BrNO4S. The minimum absolute atomic E-state index is 0.263. The molecule has 0 spiro atoms. The highest BCUT2D eigenvalue weighted by atomic mass is 79.9. The van der Waals surface area contributed by atoms with Crippen LogP contribution < -0.4 is 9.47 Å². The number of nitrogens with zero attached hydrogens (tertiary/aromatic N) is 1. The molecule has 0 bridgehead atoms. The van der Waals surface area contributed by atoms with Crippen molar-refractivity contribution >= 4 is 33.2 Å². The number of aryl methyl sites for hydroxylation is 1. The van der Waals surface area contributed by atoms with Crippen molar-refractivity contribution in [1.82, 2.24) is 4.98 Å². The highest BCUT2D eigenvalue weighted by Gasteiger charge is 2.21.